The molecule has 2 aromatic carbocycles. The summed E-state index contributed by atoms with van der Waals surface area (Å²) in [6.07, 6.45) is 16.6. The molecule has 0 N–H and O–H groups in total. The van der Waals surface area contributed by atoms with E-state index in [2.05, 4.69) is 75.0 Å². The Bertz CT molecular complexity index is 565. The predicted molar refractivity (Wildman–Crippen MR) is 123 cm³/mol. The fraction of sp³-hybridized carbons (Fsp3) is 0.481. The van der Waals surface area contributed by atoms with Crippen molar-refractivity contribution in [3.05, 3.63) is 72.8 Å². The van der Waals surface area contributed by atoms with Crippen molar-refractivity contribution in [2.45, 2.75) is 84.5 Å². The second-order valence-electron chi connectivity index (χ2n) is 7.37. The minimum Gasteiger partial charge on any atom is -0.103 e. The molecule has 2 rings (SSSR count). The molecule has 0 fully saturated rings. The zero-order chi connectivity index (χ0) is 19.6. The molecule has 0 aromatic heterocycles. The SMILES string of the molecule is C=CCCCCCC.CCCCCCCc1ccc(-c2ccccc2)cc1. The van der Waals surface area contributed by atoms with Crippen LogP contribution in [0.4, 0.5) is 0 Å². The number of allylic oxidation sites excluding steroid dienone is 1. The summed E-state index contributed by atoms with van der Waals surface area (Å²) in [5.41, 5.74) is 4.09. The molecule has 0 aliphatic heterocycles. The van der Waals surface area contributed by atoms with Gasteiger partial charge in [0.05, 0.1) is 0 Å². The van der Waals surface area contributed by atoms with E-state index in [1.165, 1.54) is 87.3 Å². The topological polar surface area (TPSA) is 0 Å². The van der Waals surface area contributed by atoms with Crippen molar-refractivity contribution < 1.29 is 0 Å². The molecule has 27 heavy (non-hydrogen) atoms. The third-order valence-corrected chi connectivity index (χ3v) is 4.89. The van der Waals surface area contributed by atoms with Crippen molar-refractivity contribution in [1.82, 2.24) is 0 Å². The normalized spacial score (nSPS) is 10.1. The van der Waals surface area contributed by atoms with E-state index < -0.39 is 0 Å². The fourth-order valence-corrected chi connectivity index (χ4v) is 3.14. The van der Waals surface area contributed by atoms with Crippen LogP contribution in [0.5, 0.6) is 0 Å². The number of benzene rings is 2. The van der Waals surface area contributed by atoms with Gasteiger partial charge in [-0.2, -0.15) is 0 Å². The Morgan fingerprint density at radius 2 is 1.19 bits per heavy atom. The van der Waals surface area contributed by atoms with Gasteiger partial charge in [-0.15, -0.1) is 6.58 Å². The maximum absolute atomic E-state index is 3.66. The number of aryl methyl sites for hydroxylation is 1. The molecule has 0 aliphatic carbocycles. The lowest BCUT2D eigenvalue weighted by atomic mass is 10.0. The molecule has 0 nitrogen and oxygen atoms in total. The van der Waals surface area contributed by atoms with Crippen molar-refractivity contribution in [2.24, 2.45) is 0 Å². The highest BCUT2D eigenvalue weighted by Gasteiger charge is 1.97. The standard InChI is InChI=1S/C19H24.C8H16/c1-2-3-4-5-7-10-17-13-15-19(16-14-17)18-11-8-6-9-12-18;1-3-5-7-8-6-4-2/h6,8-9,11-16H,2-5,7,10H2,1H3;3H,1,4-8H2,2H3. The lowest BCUT2D eigenvalue weighted by Crippen LogP contribution is -1.86. The van der Waals surface area contributed by atoms with Crippen molar-refractivity contribution in [2.75, 3.05) is 0 Å². The van der Waals surface area contributed by atoms with Crippen molar-refractivity contribution in [3.8, 4) is 11.1 Å². The molecule has 0 spiro atoms. The molecule has 0 aliphatic rings. The largest absolute Gasteiger partial charge is 0.103 e. The van der Waals surface area contributed by atoms with E-state index in [0.29, 0.717) is 0 Å². The first-order valence-electron chi connectivity index (χ1n) is 11.1. The molecule has 0 heteroatoms. The lowest BCUT2D eigenvalue weighted by molar-refractivity contribution is 0.632. The van der Waals surface area contributed by atoms with Gasteiger partial charge in [-0.05, 0) is 42.4 Å². The molecule has 0 heterocycles. The second kappa shape index (κ2) is 16.4. The maximum atomic E-state index is 3.66. The van der Waals surface area contributed by atoms with Gasteiger partial charge in [0.1, 0.15) is 0 Å². The zero-order valence-electron chi connectivity index (χ0n) is 17.8. The van der Waals surface area contributed by atoms with Gasteiger partial charge in [0.25, 0.3) is 0 Å². The fourth-order valence-electron chi connectivity index (χ4n) is 3.14. The van der Waals surface area contributed by atoms with Crippen LogP contribution in [0.3, 0.4) is 0 Å². The molecule has 148 valence electrons. The van der Waals surface area contributed by atoms with Crippen LogP contribution in [0.2, 0.25) is 0 Å². The van der Waals surface area contributed by atoms with Crippen LogP contribution in [0.25, 0.3) is 11.1 Å². The number of hydrogen-bond acceptors (Lipinski definition) is 0. The molecule has 0 unspecified atom stereocenters. The first kappa shape index (κ1) is 23.2. The summed E-state index contributed by atoms with van der Waals surface area (Å²) in [7, 11) is 0. The van der Waals surface area contributed by atoms with Gasteiger partial charge < -0.3 is 0 Å². The van der Waals surface area contributed by atoms with Gasteiger partial charge in [-0.3, -0.25) is 0 Å². The molecular formula is C27H40. The number of rotatable bonds is 12. The molecular weight excluding hydrogens is 324 g/mol. The van der Waals surface area contributed by atoms with Gasteiger partial charge in [0, 0.05) is 0 Å². The minimum absolute atomic E-state index is 1.19. The van der Waals surface area contributed by atoms with E-state index in [0.717, 1.165) is 0 Å². The van der Waals surface area contributed by atoms with E-state index in [-0.39, 0.29) is 0 Å². The van der Waals surface area contributed by atoms with E-state index in [1.54, 1.807) is 0 Å². The van der Waals surface area contributed by atoms with Gasteiger partial charge >= 0.3 is 0 Å². The summed E-state index contributed by atoms with van der Waals surface area (Å²) in [6, 6.07) is 19.6. The molecule has 0 radical (unpaired) electrons. The van der Waals surface area contributed by atoms with E-state index in [9.17, 15) is 0 Å². The van der Waals surface area contributed by atoms with Crippen molar-refractivity contribution in [1.29, 1.82) is 0 Å². The quantitative estimate of drug-likeness (QED) is 0.260. The highest BCUT2D eigenvalue weighted by Crippen LogP contribution is 2.20. The minimum atomic E-state index is 1.19. The Morgan fingerprint density at radius 1 is 0.630 bits per heavy atom. The Labute approximate surface area is 168 Å². The molecule has 0 saturated carbocycles. The average molecular weight is 365 g/mol. The second-order valence-corrected chi connectivity index (χ2v) is 7.37. The Kier molecular flexibility index (Phi) is 14.1. The highest BCUT2D eigenvalue weighted by molar-refractivity contribution is 5.63. The predicted octanol–water partition coefficient (Wildman–Crippen LogP) is 9.01. The van der Waals surface area contributed by atoms with E-state index in [4.69, 9.17) is 0 Å². The van der Waals surface area contributed by atoms with Gasteiger partial charge in [0.15, 0.2) is 0 Å². The summed E-state index contributed by atoms with van der Waals surface area (Å²) >= 11 is 0. The van der Waals surface area contributed by atoms with Crippen LogP contribution >= 0.6 is 0 Å². The van der Waals surface area contributed by atoms with Crippen LogP contribution in [-0.2, 0) is 6.42 Å². The van der Waals surface area contributed by atoms with Crippen LogP contribution in [0.15, 0.2) is 67.3 Å². The molecule has 0 saturated heterocycles. The third-order valence-electron chi connectivity index (χ3n) is 4.89. The number of hydrogen-bond donors (Lipinski definition) is 0. The molecule has 0 amide bonds. The lowest BCUT2D eigenvalue weighted by Gasteiger charge is -2.05. The summed E-state index contributed by atoms with van der Waals surface area (Å²) in [4.78, 5) is 0. The molecule has 0 atom stereocenters. The van der Waals surface area contributed by atoms with Gasteiger partial charge in [0.2, 0.25) is 0 Å². The van der Waals surface area contributed by atoms with Gasteiger partial charge in [-0.1, -0.05) is 119 Å². The van der Waals surface area contributed by atoms with Crippen LogP contribution in [-0.4, -0.2) is 0 Å². The monoisotopic (exact) mass is 364 g/mol. The molecule has 2 aromatic rings. The Morgan fingerprint density at radius 3 is 1.78 bits per heavy atom. The smallest absolute Gasteiger partial charge is 0.0184 e. The highest BCUT2D eigenvalue weighted by atomic mass is 14.0. The van der Waals surface area contributed by atoms with Gasteiger partial charge in [-0.25, -0.2) is 0 Å². The van der Waals surface area contributed by atoms with E-state index >= 15 is 0 Å². The van der Waals surface area contributed by atoms with Crippen LogP contribution in [0.1, 0.15) is 83.6 Å². The summed E-state index contributed by atoms with van der Waals surface area (Å²) < 4.78 is 0. The van der Waals surface area contributed by atoms with Crippen LogP contribution in [0, 0.1) is 0 Å². The number of unbranched alkanes of at least 4 members (excludes halogenated alkanes) is 8. The van der Waals surface area contributed by atoms with Crippen molar-refractivity contribution >= 4 is 0 Å². The Balaban J connectivity index is 0.000000387. The zero-order valence-corrected chi connectivity index (χ0v) is 17.8. The third kappa shape index (κ3) is 11.5. The van der Waals surface area contributed by atoms with E-state index in [1.807, 2.05) is 6.08 Å². The Hall–Kier alpha value is -1.82. The summed E-state index contributed by atoms with van der Waals surface area (Å²) in [5.74, 6) is 0. The van der Waals surface area contributed by atoms with Crippen LogP contribution < -0.4 is 0 Å². The summed E-state index contributed by atoms with van der Waals surface area (Å²) in [6.45, 7) is 8.15. The molecule has 0 bridgehead atoms. The maximum Gasteiger partial charge on any atom is -0.0184 e. The summed E-state index contributed by atoms with van der Waals surface area (Å²) in [5, 5.41) is 0. The average Bonchev–Trinajstić information content (AvgIpc) is 2.73. The first-order valence-corrected chi connectivity index (χ1v) is 11.1. The first-order chi connectivity index (χ1) is 13.3. The van der Waals surface area contributed by atoms with Crippen molar-refractivity contribution in [3.63, 3.8) is 0 Å².